The van der Waals surface area contributed by atoms with Crippen LogP contribution in [0.2, 0.25) is 0 Å². The second-order valence-corrected chi connectivity index (χ2v) is 6.96. The first-order valence-corrected chi connectivity index (χ1v) is 9.32. The number of nitrogens with zero attached hydrogens (tertiary/aromatic N) is 3. The predicted molar refractivity (Wildman–Crippen MR) is 110 cm³/mol. The average Bonchev–Trinajstić information content (AvgIpc) is 2.71. The minimum Gasteiger partial charge on any atom is -0.370 e. The SMILES string of the molecule is CC(c1cccc([N+](=O)[O-])c1)N(C)CC(=O)N(CCC(N)=O)Cc1ccccc1. The second kappa shape index (κ2) is 10.3. The summed E-state index contributed by atoms with van der Waals surface area (Å²) in [5.74, 6) is -0.607. The molecule has 2 amide bonds. The highest BCUT2D eigenvalue weighted by atomic mass is 16.6. The van der Waals surface area contributed by atoms with Crippen LogP contribution in [0.15, 0.2) is 54.6 Å². The largest absolute Gasteiger partial charge is 0.370 e. The van der Waals surface area contributed by atoms with Crippen LogP contribution in [0, 0.1) is 10.1 Å². The van der Waals surface area contributed by atoms with Crippen LogP contribution in [-0.4, -0.2) is 46.7 Å². The third kappa shape index (κ3) is 6.69. The van der Waals surface area contributed by atoms with Crippen LogP contribution >= 0.6 is 0 Å². The molecule has 0 aliphatic carbocycles. The van der Waals surface area contributed by atoms with E-state index in [9.17, 15) is 19.7 Å². The first kappa shape index (κ1) is 22.0. The fourth-order valence-electron chi connectivity index (χ4n) is 2.94. The molecule has 0 aliphatic heterocycles. The van der Waals surface area contributed by atoms with E-state index in [0.29, 0.717) is 6.54 Å². The van der Waals surface area contributed by atoms with E-state index >= 15 is 0 Å². The first-order chi connectivity index (χ1) is 13.8. The number of nitro groups is 1. The van der Waals surface area contributed by atoms with Gasteiger partial charge in [0.1, 0.15) is 0 Å². The van der Waals surface area contributed by atoms with E-state index in [2.05, 4.69) is 0 Å². The molecule has 0 radical (unpaired) electrons. The Morgan fingerprint density at radius 3 is 2.45 bits per heavy atom. The molecule has 0 heterocycles. The zero-order chi connectivity index (χ0) is 21.4. The van der Waals surface area contributed by atoms with Crippen LogP contribution in [0.25, 0.3) is 0 Å². The lowest BCUT2D eigenvalue weighted by atomic mass is 10.1. The summed E-state index contributed by atoms with van der Waals surface area (Å²) in [6.45, 7) is 2.61. The van der Waals surface area contributed by atoms with E-state index in [0.717, 1.165) is 11.1 Å². The number of benzene rings is 2. The molecule has 2 rings (SSSR count). The molecule has 2 N–H and O–H groups in total. The lowest BCUT2D eigenvalue weighted by Crippen LogP contribution is -2.40. The average molecular weight is 398 g/mol. The molecule has 0 bridgehead atoms. The van der Waals surface area contributed by atoms with Gasteiger partial charge in [-0.15, -0.1) is 0 Å². The molecule has 2 aromatic rings. The Morgan fingerprint density at radius 2 is 1.83 bits per heavy atom. The third-order valence-corrected chi connectivity index (χ3v) is 4.81. The zero-order valence-corrected chi connectivity index (χ0v) is 16.7. The highest BCUT2D eigenvalue weighted by Gasteiger charge is 2.21. The summed E-state index contributed by atoms with van der Waals surface area (Å²) in [5.41, 5.74) is 6.98. The molecule has 154 valence electrons. The predicted octanol–water partition coefficient (Wildman–Crippen LogP) is 2.49. The van der Waals surface area contributed by atoms with Crippen molar-refractivity contribution >= 4 is 17.5 Å². The highest BCUT2D eigenvalue weighted by molar-refractivity contribution is 5.79. The Balaban J connectivity index is 2.08. The molecule has 2 aromatic carbocycles. The summed E-state index contributed by atoms with van der Waals surface area (Å²) in [6.07, 6.45) is 0.0860. The number of hydrogen-bond donors (Lipinski definition) is 1. The van der Waals surface area contributed by atoms with Crippen LogP contribution < -0.4 is 5.73 Å². The van der Waals surface area contributed by atoms with Crippen molar-refractivity contribution in [3.8, 4) is 0 Å². The molecule has 1 unspecified atom stereocenters. The smallest absolute Gasteiger partial charge is 0.269 e. The molecule has 0 spiro atoms. The molecule has 1 atom stereocenters. The summed E-state index contributed by atoms with van der Waals surface area (Å²) in [6, 6.07) is 15.7. The van der Waals surface area contributed by atoms with Crippen LogP contribution in [0.3, 0.4) is 0 Å². The van der Waals surface area contributed by atoms with Gasteiger partial charge < -0.3 is 10.6 Å². The maximum atomic E-state index is 12.9. The summed E-state index contributed by atoms with van der Waals surface area (Å²) in [7, 11) is 1.79. The number of likely N-dealkylation sites (N-methyl/N-ethyl adjacent to an activating group) is 1. The number of amides is 2. The lowest BCUT2D eigenvalue weighted by Gasteiger charge is -2.29. The van der Waals surface area contributed by atoms with E-state index < -0.39 is 10.8 Å². The van der Waals surface area contributed by atoms with E-state index in [1.54, 1.807) is 24.1 Å². The summed E-state index contributed by atoms with van der Waals surface area (Å²) in [4.78, 5) is 38.1. The summed E-state index contributed by atoms with van der Waals surface area (Å²) >= 11 is 0. The van der Waals surface area contributed by atoms with Gasteiger partial charge in [0.05, 0.1) is 11.5 Å². The van der Waals surface area contributed by atoms with Crippen LogP contribution in [-0.2, 0) is 16.1 Å². The minimum absolute atomic E-state index is 0.0150. The molecule has 0 fully saturated rings. The van der Waals surface area contributed by atoms with Gasteiger partial charge in [0, 0.05) is 37.7 Å². The number of rotatable bonds is 10. The standard InChI is InChI=1S/C21H26N4O4/c1-16(18-9-6-10-19(13-18)25(28)29)23(2)15-21(27)24(12-11-20(22)26)14-17-7-4-3-5-8-17/h3-10,13,16H,11-12,14-15H2,1-2H3,(H2,22,26). The Bertz CT molecular complexity index is 857. The number of nitro benzene ring substituents is 1. The Morgan fingerprint density at radius 1 is 1.14 bits per heavy atom. The summed E-state index contributed by atoms with van der Waals surface area (Å²) < 4.78 is 0. The van der Waals surface area contributed by atoms with Gasteiger partial charge in [-0.3, -0.25) is 24.6 Å². The monoisotopic (exact) mass is 398 g/mol. The van der Waals surface area contributed by atoms with Crippen molar-refractivity contribution in [1.82, 2.24) is 9.80 Å². The molecular formula is C21H26N4O4. The van der Waals surface area contributed by atoms with E-state index in [4.69, 9.17) is 5.73 Å². The summed E-state index contributed by atoms with van der Waals surface area (Å²) in [5, 5.41) is 11.0. The normalized spacial score (nSPS) is 11.8. The van der Waals surface area contributed by atoms with Gasteiger partial charge in [-0.05, 0) is 25.1 Å². The van der Waals surface area contributed by atoms with Crippen LogP contribution in [0.5, 0.6) is 0 Å². The Hall–Kier alpha value is -3.26. The van der Waals surface area contributed by atoms with Crippen molar-refractivity contribution in [3.63, 3.8) is 0 Å². The van der Waals surface area contributed by atoms with E-state index in [1.165, 1.54) is 12.1 Å². The molecule has 8 heteroatoms. The topological polar surface area (TPSA) is 110 Å². The molecule has 0 saturated carbocycles. The van der Waals surface area contributed by atoms with Crippen molar-refractivity contribution < 1.29 is 14.5 Å². The number of nitrogens with two attached hydrogens (primary N) is 1. The fourth-order valence-corrected chi connectivity index (χ4v) is 2.94. The maximum absolute atomic E-state index is 12.9. The minimum atomic E-state index is -0.464. The number of primary amides is 1. The second-order valence-electron chi connectivity index (χ2n) is 6.96. The van der Waals surface area contributed by atoms with Gasteiger partial charge >= 0.3 is 0 Å². The number of carbonyl (C=O) groups is 2. The molecule has 29 heavy (non-hydrogen) atoms. The van der Waals surface area contributed by atoms with E-state index in [-0.39, 0.29) is 37.1 Å². The number of carbonyl (C=O) groups excluding carboxylic acids is 2. The number of non-ortho nitro benzene ring substituents is 1. The zero-order valence-electron chi connectivity index (χ0n) is 16.7. The molecule has 8 nitrogen and oxygen atoms in total. The van der Waals surface area contributed by atoms with Crippen LogP contribution in [0.1, 0.15) is 30.5 Å². The van der Waals surface area contributed by atoms with Gasteiger partial charge in [-0.1, -0.05) is 42.5 Å². The quantitative estimate of drug-likeness (QED) is 0.488. The first-order valence-electron chi connectivity index (χ1n) is 9.32. The van der Waals surface area contributed by atoms with Gasteiger partial charge in [-0.25, -0.2) is 0 Å². The molecule has 0 saturated heterocycles. The van der Waals surface area contributed by atoms with Crippen LogP contribution in [0.4, 0.5) is 5.69 Å². The van der Waals surface area contributed by atoms with Crippen molar-refractivity contribution in [2.24, 2.45) is 5.73 Å². The van der Waals surface area contributed by atoms with Gasteiger partial charge in [0.15, 0.2) is 0 Å². The van der Waals surface area contributed by atoms with E-state index in [1.807, 2.05) is 42.2 Å². The fraction of sp³-hybridized carbons (Fsp3) is 0.333. The highest BCUT2D eigenvalue weighted by Crippen LogP contribution is 2.23. The molecule has 0 aliphatic rings. The molecular weight excluding hydrogens is 372 g/mol. The third-order valence-electron chi connectivity index (χ3n) is 4.81. The van der Waals surface area contributed by atoms with Crippen molar-refractivity contribution in [3.05, 3.63) is 75.8 Å². The Labute approximate surface area is 170 Å². The Kier molecular flexibility index (Phi) is 7.85. The van der Waals surface area contributed by atoms with Crippen molar-refractivity contribution in [2.75, 3.05) is 20.1 Å². The molecule has 0 aromatic heterocycles. The van der Waals surface area contributed by atoms with Gasteiger partial charge in [0.2, 0.25) is 11.8 Å². The number of hydrogen-bond acceptors (Lipinski definition) is 5. The van der Waals surface area contributed by atoms with Gasteiger partial charge in [-0.2, -0.15) is 0 Å². The van der Waals surface area contributed by atoms with Gasteiger partial charge in [0.25, 0.3) is 5.69 Å². The van der Waals surface area contributed by atoms with Crippen molar-refractivity contribution in [1.29, 1.82) is 0 Å². The van der Waals surface area contributed by atoms with Crippen molar-refractivity contribution in [2.45, 2.75) is 25.9 Å². The lowest BCUT2D eigenvalue weighted by molar-refractivity contribution is -0.384. The maximum Gasteiger partial charge on any atom is 0.269 e.